The minimum Gasteiger partial charge on any atom is -0.294 e. The van der Waals surface area contributed by atoms with Crippen LogP contribution in [0.15, 0.2) is 33.9 Å². The summed E-state index contributed by atoms with van der Waals surface area (Å²) in [5.74, 6) is 0.406. The number of hydrogen-bond donors (Lipinski definition) is 0. The fourth-order valence-electron chi connectivity index (χ4n) is 4.52. The Morgan fingerprint density at radius 2 is 1.57 bits per heavy atom. The number of aromatic nitrogens is 3. The molecule has 1 N–H and O–H groups in total. The zero-order valence-corrected chi connectivity index (χ0v) is 18.4. The van der Waals surface area contributed by atoms with Crippen LogP contribution in [-0.4, -0.2) is 14.9 Å². The van der Waals surface area contributed by atoms with E-state index in [4.69, 9.17) is 0 Å². The van der Waals surface area contributed by atoms with Crippen molar-refractivity contribution in [2.75, 3.05) is 0 Å². The Balaban J connectivity index is 2.19. The molecule has 2 aromatic heterocycles. The van der Waals surface area contributed by atoms with Gasteiger partial charge in [-0.05, 0) is 22.5 Å². The molecule has 0 aliphatic heterocycles. The van der Waals surface area contributed by atoms with Crippen LogP contribution in [0.3, 0.4) is 0 Å². The molecule has 0 saturated heterocycles. The van der Waals surface area contributed by atoms with Crippen LogP contribution < -0.4 is 16.2 Å². The zero-order valence-electron chi connectivity index (χ0n) is 18.4. The number of pyridine rings is 1. The van der Waals surface area contributed by atoms with Crippen LogP contribution in [0.4, 0.5) is 0 Å². The number of ketones is 1. The lowest BCUT2D eigenvalue weighted by Gasteiger charge is -2.29. The lowest BCUT2D eigenvalue weighted by molar-refractivity contribution is -0.365. The van der Waals surface area contributed by atoms with Crippen LogP contribution in [0, 0.1) is 5.41 Å². The van der Waals surface area contributed by atoms with Crippen LogP contribution in [0.2, 0.25) is 0 Å². The molecule has 156 valence electrons. The largest absolute Gasteiger partial charge is 0.417 e. The van der Waals surface area contributed by atoms with Crippen molar-refractivity contribution in [1.29, 1.82) is 0 Å². The molecule has 0 fully saturated rings. The Kier molecular flexibility index (Phi) is 4.56. The minimum atomic E-state index is -0.397. The Labute approximate surface area is 175 Å². The van der Waals surface area contributed by atoms with Gasteiger partial charge < -0.3 is 0 Å². The van der Waals surface area contributed by atoms with Crippen molar-refractivity contribution in [3.63, 3.8) is 0 Å². The van der Waals surface area contributed by atoms with E-state index in [1.54, 1.807) is 7.05 Å². The molecule has 1 aliphatic rings. The lowest BCUT2D eigenvalue weighted by atomic mass is 9.73. The molecule has 4 rings (SSSR count). The normalized spacial score (nSPS) is 15.6. The SMILES string of the molecule is CC(C)c1ccc(-c2c3c([nH+]c4c2c(=O)n(C)c(=O)n4C)CC(C)(C)CC3=O)cc1. The zero-order chi connectivity index (χ0) is 22.0. The van der Waals surface area contributed by atoms with Crippen molar-refractivity contribution < 1.29 is 9.78 Å². The predicted octanol–water partition coefficient (Wildman–Crippen LogP) is 3.00. The smallest absolute Gasteiger partial charge is 0.294 e. The first-order valence-corrected chi connectivity index (χ1v) is 10.3. The number of Topliss-reactive ketones (excluding diaryl/α,β-unsaturated/α-hetero) is 1. The van der Waals surface area contributed by atoms with Crippen molar-refractivity contribution >= 4 is 16.8 Å². The van der Waals surface area contributed by atoms with Crippen molar-refractivity contribution in [1.82, 2.24) is 9.13 Å². The second-order valence-corrected chi connectivity index (χ2v) is 9.50. The minimum absolute atomic E-state index is 0.0262. The van der Waals surface area contributed by atoms with E-state index >= 15 is 0 Å². The summed E-state index contributed by atoms with van der Waals surface area (Å²) in [6, 6.07) is 8.03. The number of nitrogens with zero attached hydrogens (tertiary/aromatic N) is 2. The van der Waals surface area contributed by atoms with E-state index in [-0.39, 0.29) is 11.2 Å². The lowest BCUT2D eigenvalue weighted by Crippen LogP contribution is -2.42. The van der Waals surface area contributed by atoms with Gasteiger partial charge in [-0.15, -0.1) is 0 Å². The van der Waals surface area contributed by atoms with Crippen molar-refractivity contribution in [3.05, 3.63) is 61.9 Å². The van der Waals surface area contributed by atoms with Gasteiger partial charge in [0.25, 0.3) is 11.2 Å². The monoisotopic (exact) mass is 406 g/mol. The number of nitrogens with one attached hydrogen (secondary N) is 1. The summed E-state index contributed by atoms with van der Waals surface area (Å²) in [5.41, 5.74) is 3.47. The number of carbonyl (C=O) groups excluding carboxylic acids is 1. The average Bonchev–Trinajstić information content (AvgIpc) is 2.68. The summed E-state index contributed by atoms with van der Waals surface area (Å²) in [6.45, 7) is 8.37. The molecule has 6 heteroatoms. The number of H-pyrrole nitrogens is 1. The Hall–Kier alpha value is -3.02. The summed E-state index contributed by atoms with van der Waals surface area (Å²) in [7, 11) is 3.12. The highest BCUT2D eigenvalue weighted by atomic mass is 16.2. The molecule has 6 nitrogen and oxygen atoms in total. The summed E-state index contributed by atoms with van der Waals surface area (Å²) < 4.78 is 2.56. The molecule has 1 aromatic carbocycles. The Bertz CT molecular complexity index is 1310. The fraction of sp³-hybridized carbons (Fsp3) is 0.417. The number of fused-ring (bicyclic) bond motifs is 2. The summed E-state index contributed by atoms with van der Waals surface area (Å²) in [5, 5.41) is 0.378. The third-order valence-electron chi connectivity index (χ3n) is 6.17. The van der Waals surface area contributed by atoms with Crippen LogP contribution in [0.25, 0.3) is 22.2 Å². The van der Waals surface area contributed by atoms with Gasteiger partial charge >= 0.3 is 5.69 Å². The molecule has 0 spiro atoms. The van der Waals surface area contributed by atoms with Crippen LogP contribution >= 0.6 is 0 Å². The van der Waals surface area contributed by atoms with E-state index in [0.717, 1.165) is 15.8 Å². The van der Waals surface area contributed by atoms with Gasteiger partial charge in [0.05, 0.1) is 12.6 Å². The summed E-state index contributed by atoms with van der Waals surface area (Å²) in [4.78, 5) is 42.3. The number of rotatable bonds is 2. The number of hydrogen-bond acceptors (Lipinski definition) is 3. The topological polar surface area (TPSA) is 75.2 Å². The molecule has 1 aliphatic carbocycles. The fourth-order valence-corrected chi connectivity index (χ4v) is 4.52. The highest BCUT2D eigenvalue weighted by Crippen LogP contribution is 2.39. The van der Waals surface area contributed by atoms with Gasteiger partial charge in [0, 0.05) is 25.5 Å². The van der Waals surface area contributed by atoms with E-state index < -0.39 is 11.2 Å². The molecule has 0 bridgehead atoms. The molecular weight excluding hydrogens is 378 g/mol. The molecule has 0 radical (unpaired) electrons. The van der Waals surface area contributed by atoms with Crippen molar-refractivity contribution in [2.45, 2.75) is 46.5 Å². The maximum Gasteiger partial charge on any atom is 0.417 e. The van der Waals surface area contributed by atoms with Crippen LogP contribution in [-0.2, 0) is 20.5 Å². The highest BCUT2D eigenvalue weighted by molar-refractivity contribution is 6.09. The van der Waals surface area contributed by atoms with E-state index in [0.29, 0.717) is 40.9 Å². The maximum absolute atomic E-state index is 13.3. The first-order chi connectivity index (χ1) is 14.0. The molecule has 0 unspecified atom stereocenters. The molecular formula is C24H28N3O3+. The summed E-state index contributed by atoms with van der Waals surface area (Å²) >= 11 is 0. The molecule has 2 heterocycles. The number of aryl methyl sites for hydroxylation is 1. The van der Waals surface area contributed by atoms with Gasteiger partial charge in [0.1, 0.15) is 11.1 Å². The highest BCUT2D eigenvalue weighted by Gasteiger charge is 2.38. The maximum atomic E-state index is 13.3. The third-order valence-corrected chi connectivity index (χ3v) is 6.17. The van der Waals surface area contributed by atoms with Crippen LogP contribution in [0.5, 0.6) is 0 Å². The van der Waals surface area contributed by atoms with Gasteiger partial charge in [-0.25, -0.2) is 14.3 Å². The molecule has 30 heavy (non-hydrogen) atoms. The Morgan fingerprint density at radius 3 is 2.17 bits per heavy atom. The first kappa shape index (κ1) is 20.3. The number of benzene rings is 1. The van der Waals surface area contributed by atoms with Gasteiger partial charge in [-0.1, -0.05) is 52.0 Å². The quantitative estimate of drug-likeness (QED) is 0.657. The van der Waals surface area contributed by atoms with E-state index in [9.17, 15) is 14.4 Å². The van der Waals surface area contributed by atoms with E-state index in [2.05, 4.69) is 32.7 Å². The average molecular weight is 407 g/mol. The second-order valence-electron chi connectivity index (χ2n) is 9.50. The Morgan fingerprint density at radius 1 is 0.933 bits per heavy atom. The second kappa shape index (κ2) is 6.76. The van der Waals surface area contributed by atoms with Crippen molar-refractivity contribution in [3.8, 4) is 11.1 Å². The van der Waals surface area contributed by atoms with E-state index in [1.807, 2.05) is 24.3 Å². The molecule has 3 aromatic rings. The van der Waals surface area contributed by atoms with Gasteiger partial charge in [-0.2, -0.15) is 4.57 Å². The number of carbonyl (C=O) groups is 1. The van der Waals surface area contributed by atoms with Crippen LogP contribution in [0.1, 0.15) is 61.6 Å². The first-order valence-electron chi connectivity index (χ1n) is 10.3. The van der Waals surface area contributed by atoms with Gasteiger partial charge in [0.2, 0.25) is 0 Å². The van der Waals surface area contributed by atoms with E-state index in [1.165, 1.54) is 17.2 Å². The van der Waals surface area contributed by atoms with Gasteiger partial charge in [0.15, 0.2) is 5.78 Å². The van der Waals surface area contributed by atoms with Gasteiger partial charge in [-0.3, -0.25) is 9.59 Å². The third kappa shape index (κ3) is 3.02. The predicted molar refractivity (Wildman–Crippen MR) is 117 cm³/mol. The molecule has 0 saturated carbocycles. The summed E-state index contributed by atoms with van der Waals surface area (Å²) in [6.07, 6.45) is 1.09. The molecule has 0 atom stereocenters. The molecule has 0 amide bonds. The number of aromatic amines is 1. The standard InChI is InChI=1S/C24H27N3O3/c1-13(2)14-7-9-15(10-8-14)18-19-16(11-24(3,4)12-17(19)28)25-21-20(18)22(29)27(6)23(30)26(21)5/h7-10,13H,11-12H2,1-6H3/p+1. The van der Waals surface area contributed by atoms with Crippen molar-refractivity contribution in [2.24, 2.45) is 19.5 Å².